The first-order chi connectivity index (χ1) is 9.20. The standard InChI is InChI=1S/C13H20N4OS/c1-3-10-11-12(16(2)15-10)17(13(19)14-11)6-7-18-8-9-4-5-9/h9H,3-8H2,1-2H3,(H,14,19). The highest BCUT2D eigenvalue weighted by molar-refractivity contribution is 7.71. The van der Waals surface area contributed by atoms with Gasteiger partial charge in [-0.05, 0) is 37.4 Å². The van der Waals surface area contributed by atoms with Gasteiger partial charge in [0.1, 0.15) is 5.52 Å². The zero-order valence-corrected chi connectivity index (χ0v) is 12.3. The van der Waals surface area contributed by atoms with E-state index in [0.29, 0.717) is 6.61 Å². The summed E-state index contributed by atoms with van der Waals surface area (Å²) in [5.41, 5.74) is 3.20. The van der Waals surface area contributed by atoms with Gasteiger partial charge in [0.25, 0.3) is 0 Å². The Morgan fingerprint density at radius 1 is 1.47 bits per heavy atom. The molecule has 2 heterocycles. The van der Waals surface area contributed by atoms with Crippen molar-refractivity contribution in [3.63, 3.8) is 0 Å². The van der Waals surface area contributed by atoms with Crippen LogP contribution in [-0.2, 0) is 24.8 Å². The number of imidazole rings is 1. The Balaban J connectivity index is 1.79. The minimum Gasteiger partial charge on any atom is -0.379 e. The predicted octanol–water partition coefficient (Wildman–Crippen LogP) is 2.42. The van der Waals surface area contributed by atoms with Gasteiger partial charge in [-0.25, -0.2) is 0 Å². The fourth-order valence-electron chi connectivity index (χ4n) is 2.42. The molecule has 0 aliphatic heterocycles. The zero-order chi connectivity index (χ0) is 13.4. The van der Waals surface area contributed by atoms with Crippen LogP contribution in [0.2, 0.25) is 0 Å². The molecule has 0 aromatic carbocycles. The Labute approximate surface area is 117 Å². The van der Waals surface area contributed by atoms with Crippen molar-refractivity contribution in [3.05, 3.63) is 10.5 Å². The fourth-order valence-corrected chi connectivity index (χ4v) is 2.70. The number of nitrogens with zero attached hydrogens (tertiary/aromatic N) is 3. The van der Waals surface area contributed by atoms with E-state index in [1.165, 1.54) is 12.8 Å². The summed E-state index contributed by atoms with van der Waals surface area (Å²) < 4.78 is 10.4. The summed E-state index contributed by atoms with van der Waals surface area (Å²) in [5.74, 6) is 0.808. The second-order valence-electron chi connectivity index (χ2n) is 5.22. The maximum atomic E-state index is 5.70. The van der Waals surface area contributed by atoms with Gasteiger partial charge in [0.05, 0.1) is 18.8 Å². The molecule has 1 aliphatic rings. The van der Waals surface area contributed by atoms with Crippen molar-refractivity contribution in [2.45, 2.75) is 32.7 Å². The molecule has 0 saturated heterocycles. The van der Waals surface area contributed by atoms with Gasteiger partial charge < -0.3 is 9.72 Å². The molecular formula is C13H20N4OS. The lowest BCUT2D eigenvalue weighted by atomic mass is 10.3. The van der Waals surface area contributed by atoms with E-state index in [1.54, 1.807) is 0 Å². The Kier molecular flexibility index (Phi) is 3.45. The average molecular weight is 280 g/mol. The molecule has 5 nitrogen and oxygen atoms in total. The van der Waals surface area contributed by atoms with E-state index in [4.69, 9.17) is 17.0 Å². The fraction of sp³-hybridized carbons (Fsp3) is 0.692. The number of ether oxygens (including phenoxy) is 1. The number of fused-ring (bicyclic) bond motifs is 1. The van der Waals surface area contributed by atoms with Gasteiger partial charge in [0.2, 0.25) is 0 Å². The van der Waals surface area contributed by atoms with Gasteiger partial charge in [0, 0.05) is 13.7 Å². The van der Waals surface area contributed by atoms with Gasteiger partial charge >= 0.3 is 0 Å². The van der Waals surface area contributed by atoms with Crippen LogP contribution in [-0.4, -0.2) is 32.5 Å². The number of nitrogens with one attached hydrogen (secondary N) is 1. The summed E-state index contributed by atoms with van der Waals surface area (Å²) in [6.07, 6.45) is 3.57. The van der Waals surface area contributed by atoms with Crippen molar-refractivity contribution in [1.29, 1.82) is 0 Å². The smallest absolute Gasteiger partial charge is 0.179 e. The maximum absolute atomic E-state index is 5.70. The first kappa shape index (κ1) is 12.9. The molecule has 0 radical (unpaired) electrons. The lowest BCUT2D eigenvalue weighted by Gasteiger charge is -2.05. The molecule has 1 aliphatic carbocycles. The van der Waals surface area contributed by atoms with Crippen LogP contribution in [0.1, 0.15) is 25.5 Å². The Morgan fingerprint density at radius 3 is 2.95 bits per heavy atom. The molecule has 6 heteroatoms. The lowest BCUT2D eigenvalue weighted by Crippen LogP contribution is -2.09. The lowest BCUT2D eigenvalue weighted by molar-refractivity contribution is 0.117. The van der Waals surface area contributed by atoms with Gasteiger partial charge in [-0.2, -0.15) is 5.10 Å². The van der Waals surface area contributed by atoms with Crippen LogP contribution >= 0.6 is 12.2 Å². The molecular weight excluding hydrogens is 260 g/mol. The number of rotatable bonds is 6. The molecule has 1 saturated carbocycles. The summed E-state index contributed by atoms with van der Waals surface area (Å²) >= 11 is 5.40. The number of aromatic amines is 1. The third-order valence-corrected chi connectivity index (χ3v) is 3.99. The van der Waals surface area contributed by atoms with E-state index in [-0.39, 0.29) is 0 Å². The summed E-state index contributed by atoms with van der Waals surface area (Å²) in [4.78, 5) is 3.27. The van der Waals surface area contributed by atoms with Crippen molar-refractivity contribution in [2.75, 3.05) is 13.2 Å². The molecule has 19 heavy (non-hydrogen) atoms. The zero-order valence-electron chi connectivity index (χ0n) is 11.5. The molecule has 104 valence electrons. The van der Waals surface area contributed by atoms with Crippen molar-refractivity contribution in [2.24, 2.45) is 13.0 Å². The second kappa shape index (κ2) is 5.09. The van der Waals surface area contributed by atoms with E-state index in [9.17, 15) is 0 Å². The monoisotopic (exact) mass is 280 g/mol. The Morgan fingerprint density at radius 2 is 2.26 bits per heavy atom. The normalized spacial score (nSPS) is 15.5. The number of hydrogen-bond donors (Lipinski definition) is 1. The van der Waals surface area contributed by atoms with Gasteiger partial charge in [-0.3, -0.25) is 9.25 Å². The Bertz CT molecular complexity index is 635. The number of H-pyrrole nitrogens is 1. The third-order valence-electron chi connectivity index (χ3n) is 3.67. The highest BCUT2D eigenvalue weighted by atomic mass is 32.1. The van der Waals surface area contributed by atoms with Gasteiger partial charge in [0.15, 0.2) is 10.4 Å². The quantitative estimate of drug-likeness (QED) is 0.653. The van der Waals surface area contributed by atoms with E-state index in [0.717, 1.165) is 47.1 Å². The van der Waals surface area contributed by atoms with Crippen molar-refractivity contribution in [3.8, 4) is 0 Å². The summed E-state index contributed by atoms with van der Waals surface area (Å²) in [7, 11) is 1.96. The number of hydrogen-bond acceptors (Lipinski definition) is 3. The topological polar surface area (TPSA) is 47.8 Å². The molecule has 2 aromatic heterocycles. The molecule has 0 spiro atoms. The largest absolute Gasteiger partial charge is 0.379 e. The Hall–Kier alpha value is -1.14. The minimum absolute atomic E-state index is 0.713. The summed E-state index contributed by atoms with van der Waals surface area (Å²) in [6, 6.07) is 0. The van der Waals surface area contributed by atoms with Crippen LogP contribution in [0.5, 0.6) is 0 Å². The van der Waals surface area contributed by atoms with Crippen LogP contribution in [0.4, 0.5) is 0 Å². The molecule has 0 bridgehead atoms. The van der Waals surface area contributed by atoms with Crippen molar-refractivity contribution in [1.82, 2.24) is 19.3 Å². The van der Waals surface area contributed by atoms with Crippen LogP contribution < -0.4 is 0 Å². The first-order valence-corrected chi connectivity index (χ1v) is 7.33. The molecule has 1 fully saturated rings. The van der Waals surface area contributed by atoms with Crippen LogP contribution in [0.25, 0.3) is 11.2 Å². The molecule has 1 N–H and O–H groups in total. The molecule has 0 amide bonds. The molecule has 0 unspecified atom stereocenters. The molecule has 2 aromatic rings. The highest BCUT2D eigenvalue weighted by Gasteiger charge is 2.21. The third kappa shape index (κ3) is 2.47. The average Bonchev–Trinajstić information content (AvgIpc) is 3.09. The maximum Gasteiger partial charge on any atom is 0.179 e. The summed E-state index contributed by atoms with van der Waals surface area (Å²) in [5, 5.41) is 4.51. The SMILES string of the molecule is CCc1nn(C)c2c1[nH]c(=S)n2CCOCC1CC1. The van der Waals surface area contributed by atoms with Crippen LogP contribution in [0, 0.1) is 10.7 Å². The summed E-state index contributed by atoms with van der Waals surface area (Å²) in [6.45, 7) is 4.50. The van der Waals surface area contributed by atoms with E-state index >= 15 is 0 Å². The predicted molar refractivity (Wildman–Crippen MR) is 76.8 cm³/mol. The van der Waals surface area contributed by atoms with Crippen LogP contribution in [0.3, 0.4) is 0 Å². The number of aryl methyl sites for hydroxylation is 2. The second-order valence-corrected chi connectivity index (χ2v) is 5.61. The van der Waals surface area contributed by atoms with Crippen LogP contribution in [0.15, 0.2) is 0 Å². The van der Waals surface area contributed by atoms with E-state index in [2.05, 4.69) is 21.6 Å². The molecule has 3 rings (SSSR count). The first-order valence-electron chi connectivity index (χ1n) is 6.92. The number of aromatic nitrogens is 4. The van der Waals surface area contributed by atoms with E-state index in [1.807, 2.05) is 11.7 Å². The minimum atomic E-state index is 0.713. The van der Waals surface area contributed by atoms with Gasteiger partial charge in [-0.1, -0.05) is 6.92 Å². The van der Waals surface area contributed by atoms with Gasteiger partial charge in [-0.15, -0.1) is 0 Å². The molecule has 0 atom stereocenters. The highest BCUT2D eigenvalue weighted by Crippen LogP contribution is 2.28. The van der Waals surface area contributed by atoms with E-state index < -0.39 is 0 Å². The van der Waals surface area contributed by atoms with Crippen molar-refractivity contribution >= 4 is 23.4 Å². The van der Waals surface area contributed by atoms with Crippen molar-refractivity contribution < 1.29 is 4.74 Å².